The Bertz CT molecular complexity index is 915. The number of carboxylic acid groups (broad SMARTS) is 1. The van der Waals surface area contributed by atoms with Crippen LogP contribution in [0.15, 0.2) is 24.7 Å². The molecule has 2 aromatic rings. The van der Waals surface area contributed by atoms with Gasteiger partial charge >= 0.3 is 5.97 Å². The lowest BCUT2D eigenvalue weighted by Crippen LogP contribution is -2.29. The van der Waals surface area contributed by atoms with E-state index in [2.05, 4.69) is 10.1 Å². The minimum atomic E-state index is -0.974. The van der Waals surface area contributed by atoms with E-state index in [1.807, 2.05) is 19.2 Å². The minimum Gasteiger partial charge on any atom is -0.478 e. The maximum atomic E-state index is 12.3. The van der Waals surface area contributed by atoms with Gasteiger partial charge in [0, 0.05) is 30.4 Å². The number of aryl methyl sites for hydroxylation is 1. The molecule has 2 aliphatic carbocycles. The normalized spacial score (nSPS) is 25.8. The molecule has 2 atom stereocenters. The zero-order chi connectivity index (χ0) is 17.3. The van der Waals surface area contributed by atoms with Crippen molar-refractivity contribution in [2.45, 2.75) is 31.7 Å². The van der Waals surface area contributed by atoms with Crippen LogP contribution in [0.2, 0.25) is 0 Å². The third-order valence-electron chi connectivity index (χ3n) is 5.79. The molecule has 1 N–H and O–H groups in total. The Kier molecular flexibility index (Phi) is 2.74. The molecule has 0 radical (unpaired) electrons. The van der Waals surface area contributed by atoms with Crippen molar-refractivity contribution >= 4 is 17.7 Å². The van der Waals surface area contributed by atoms with Crippen molar-refractivity contribution in [1.82, 2.24) is 14.8 Å². The van der Waals surface area contributed by atoms with Crippen LogP contribution in [-0.4, -0.2) is 38.3 Å². The highest BCUT2D eigenvalue weighted by atomic mass is 16.4. The predicted octanol–water partition coefficient (Wildman–Crippen LogP) is 1.80. The van der Waals surface area contributed by atoms with Crippen molar-refractivity contribution in [3.8, 4) is 0 Å². The Labute approximate surface area is 144 Å². The van der Waals surface area contributed by atoms with E-state index in [0.29, 0.717) is 5.92 Å². The largest absolute Gasteiger partial charge is 0.478 e. The second-order valence-corrected chi connectivity index (χ2v) is 7.42. The summed E-state index contributed by atoms with van der Waals surface area (Å²) in [5, 5.41) is 13.4. The average Bonchev–Trinajstić information content (AvgIpc) is 3.47. The highest BCUT2D eigenvalue weighted by Crippen LogP contribution is 2.51. The molecule has 1 aliphatic heterocycles. The van der Waals surface area contributed by atoms with Gasteiger partial charge in [-0.2, -0.15) is 5.10 Å². The number of hydrogen-bond acceptors (Lipinski definition) is 4. The maximum Gasteiger partial charge on any atom is 0.338 e. The number of amides is 1. The zero-order valence-corrected chi connectivity index (χ0v) is 13.8. The zero-order valence-electron chi connectivity index (χ0n) is 13.8. The smallest absolute Gasteiger partial charge is 0.338 e. The fourth-order valence-electron chi connectivity index (χ4n) is 4.07. The Morgan fingerprint density at radius 3 is 2.72 bits per heavy atom. The number of carboxylic acids is 1. The van der Waals surface area contributed by atoms with E-state index in [9.17, 15) is 9.59 Å². The topological polar surface area (TPSA) is 88.3 Å². The number of aromatic nitrogens is 3. The van der Waals surface area contributed by atoms with Gasteiger partial charge in [-0.1, -0.05) is 0 Å². The molecule has 3 fully saturated rings. The molecule has 0 bridgehead atoms. The molecule has 5 rings (SSSR count). The summed E-state index contributed by atoms with van der Waals surface area (Å²) in [6.45, 7) is 2.80. The van der Waals surface area contributed by atoms with Gasteiger partial charge in [-0.3, -0.25) is 14.4 Å². The summed E-state index contributed by atoms with van der Waals surface area (Å²) in [6, 6.07) is 1.97. The van der Waals surface area contributed by atoms with Crippen molar-refractivity contribution in [3.05, 3.63) is 41.3 Å². The molecule has 3 heterocycles. The molecule has 1 amide bonds. The second kappa shape index (κ2) is 4.68. The van der Waals surface area contributed by atoms with Gasteiger partial charge in [0.25, 0.3) is 0 Å². The van der Waals surface area contributed by atoms with Crippen molar-refractivity contribution in [3.63, 3.8) is 0 Å². The summed E-state index contributed by atoms with van der Waals surface area (Å²) in [4.78, 5) is 29.7. The fourth-order valence-corrected chi connectivity index (χ4v) is 4.07. The van der Waals surface area contributed by atoms with Gasteiger partial charge in [0.05, 0.1) is 17.3 Å². The lowest BCUT2D eigenvalue weighted by molar-refractivity contribution is -0.118. The van der Waals surface area contributed by atoms with Crippen LogP contribution in [-0.2, 0) is 10.3 Å². The number of nitrogens with zero attached hydrogens (tertiary/aromatic N) is 4. The minimum absolute atomic E-state index is 0.190. The number of carbonyl (C=O) groups is 2. The lowest BCUT2D eigenvalue weighted by atomic mass is 10.0. The quantitative estimate of drug-likeness (QED) is 0.918. The monoisotopic (exact) mass is 338 g/mol. The molecule has 3 aliphatic rings. The number of aromatic carboxylic acids is 1. The Balaban J connectivity index is 1.47. The molecule has 2 aromatic heterocycles. The van der Waals surface area contributed by atoms with Gasteiger partial charge in [-0.05, 0) is 43.7 Å². The van der Waals surface area contributed by atoms with Gasteiger partial charge in [0.15, 0.2) is 0 Å². The first-order chi connectivity index (χ1) is 12.0. The number of hydrogen-bond donors (Lipinski definition) is 1. The number of carbonyl (C=O) groups excluding carboxylic acids is 1. The first-order valence-electron chi connectivity index (χ1n) is 8.56. The van der Waals surface area contributed by atoms with Gasteiger partial charge in [0.1, 0.15) is 5.82 Å². The molecule has 2 saturated carbocycles. The van der Waals surface area contributed by atoms with E-state index in [-0.39, 0.29) is 22.9 Å². The third-order valence-corrected chi connectivity index (χ3v) is 5.79. The number of anilines is 1. The average molecular weight is 338 g/mol. The van der Waals surface area contributed by atoms with E-state index >= 15 is 0 Å². The molecule has 25 heavy (non-hydrogen) atoms. The van der Waals surface area contributed by atoms with Crippen molar-refractivity contribution < 1.29 is 14.7 Å². The summed E-state index contributed by atoms with van der Waals surface area (Å²) in [5.74, 6) is 0.681. The highest BCUT2D eigenvalue weighted by molar-refractivity contribution is 5.99. The highest BCUT2D eigenvalue weighted by Gasteiger charge is 2.53. The van der Waals surface area contributed by atoms with Gasteiger partial charge in [-0.15, -0.1) is 0 Å². The molecular weight excluding hydrogens is 320 g/mol. The van der Waals surface area contributed by atoms with Crippen LogP contribution >= 0.6 is 0 Å². The van der Waals surface area contributed by atoms with E-state index in [1.165, 1.54) is 6.20 Å². The Morgan fingerprint density at radius 1 is 1.36 bits per heavy atom. The van der Waals surface area contributed by atoms with Gasteiger partial charge < -0.3 is 5.11 Å². The van der Waals surface area contributed by atoms with Gasteiger partial charge in [0.2, 0.25) is 5.91 Å². The standard InChI is InChI=1S/C18H18N4O3/c1-10-4-15(21-8-11-5-13(11)16(21)23)19-7-14(10)18(2-3-18)22-9-12(6-20-22)17(24)25/h4,6-7,9,11,13H,2-3,5,8H2,1H3,(H,24,25)/t11-,13-/m1/s1. The molecule has 7 nitrogen and oxygen atoms in total. The second-order valence-electron chi connectivity index (χ2n) is 7.42. The Hall–Kier alpha value is -2.70. The van der Waals surface area contributed by atoms with Crippen LogP contribution in [0.25, 0.3) is 0 Å². The third kappa shape index (κ3) is 2.04. The molecule has 1 saturated heterocycles. The number of rotatable bonds is 4. The fraction of sp³-hybridized carbons (Fsp3) is 0.444. The van der Waals surface area contributed by atoms with Crippen molar-refractivity contribution in [2.24, 2.45) is 11.8 Å². The molecule has 0 unspecified atom stereocenters. The summed E-state index contributed by atoms with van der Waals surface area (Å²) in [5.41, 5.74) is 1.99. The molecule has 0 spiro atoms. The van der Waals surface area contributed by atoms with E-state index < -0.39 is 5.97 Å². The van der Waals surface area contributed by atoms with E-state index in [0.717, 1.165) is 42.8 Å². The van der Waals surface area contributed by atoms with Crippen LogP contribution in [0.3, 0.4) is 0 Å². The van der Waals surface area contributed by atoms with Gasteiger partial charge in [-0.25, -0.2) is 9.78 Å². The summed E-state index contributed by atoms with van der Waals surface area (Å²) < 4.78 is 1.75. The molecule has 128 valence electrons. The number of pyridine rings is 1. The summed E-state index contributed by atoms with van der Waals surface area (Å²) >= 11 is 0. The summed E-state index contributed by atoms with van der Waals surface area (Å²) in [6.07, 6.45) is 7.64. The van der Waals surface area contributed by atoms with Crippen LogP contribution in [0, 0.1) is 18.8 Å². The maximum absolute atomic E-state index is 12.3. The predicted molar refractivity (Wildman–Crippen MR) is 88.4 cm³/mol. The number of fused-ring (bicyclic) bond motifs is 1. The Morgan fingerprint density at radius 2 is 2.16 bits per heavy atom. The SMILES string of the molecule is Cc1cc(N2C[C@H]3C[C@H]3C2=O)ncc1C1(n2cc(C(=O)O)cn2)CC1. The van der Waals surface area contributed by atoms with Crippen LogP contribution < -0.4 is 4.90 Å². The first kappa shape index (κ1) is 14.6. The lowest BCUT2D eigenvalue weighted by Gasteiger charge is -2.22. The first-order valence-corrected chi connectivity index (χ1v) is 8.56. The van der Waals surface area contributed by atoms with Crippen molar-refractivity contribution in [1.29, 1.82) is 0 Å². The molecule has 0 aromatic carbocycles. The van der Waals surface area contributed by atoms with E-state index in [1.54, 1.807) is 15.8 Å². The van der Waals surface area contributed by atoms with Crippen molar-refractivity contribution in [2.75, 3.05) is 11.4 Å². The molecular formula is C18H18N4O3. The van der Waals surface area contributed by atoms with Crippen LogP contribution in [0.5, 0.6) is 0 Å². The van der Waals surface area contributed by atoms with Crippen LogP contribution in [0.1, 0.15) is 40.7 Å². The van der Waals surface area contributed by atoms with Crippen LogP contribution in [0.4, 0.5) is 5.82 Å². The van der Waals surface area contributed by atoms with E-state index in [4.69, 9.17) is 5.11 Å². The number of piperidine rings is 1. The summed E-state index contributed by atoms with van der Waals surface area (Å²) in [7, 11) is 0. The molecule has 7 heteroatoms.